The maximum Gasteiger partial charge on any atom is 0.268 e. The molecule has 0 saturated heterocycles. The zero-order valence-electron chi connectivity index (χ0n) is 11.5. The molecule has 0 aliphatic heterocycles. The van der Waals surface area contributed by atoms with E-state index < -0.39 is 0 Å². The van der Waals surface area contributed by atoms with Crippen molar-refractivity contribution in [2.24, 2.45) is 0 Å². The maximum atomic E-state index is 11.9. The summed E-state index contributed by atoms with van der Waals surface area (Å²) in [5, 5.41) is 8.84. The van der Waals surface area contributed by atoms with E-state index in [1.54, 1.807) is 19.1 Å². The molecule has 3 aromatic rings. The Bertz CT molecular complexity index is 871. The maximum absolute atomic E-state index is 11.9. The summed E-state index contributed by atoms with van der Waals surface area (Å²) in [6, 6.07) is 4.75. The molecule has 0 fully saturated rings. The Morgan fingerprint density at radius 2 is 2.05 bits per heavy atom. The van der Waals surface area contributed by atoms with E-state index in [4.69, 9.17) is 27.7 Å². The molecular weight excluding hydrogens is 327 g/mol. The Labute approximate surface area is 135 Å². The van der Waals surface area contributed by atoms with Gasteiger partial charge in [0.1, 0.15) is 11.5 Å². The number of pyridine rings is 1. The molecule has 112 valence electrons. The summed E-state index contributed by atoms with van der Waals surface area (Å²) in [4.78, 5) is 16.1. The summed E-state index contributed by atoms with van der Waals surface area (Å²) >= 11 is 11.6. The van der Waals surface area contributed by atoms with Crippen LogP contribution in [0.1, 0.15) is 11.3 Å². The van der Waals surface area contributed by atoms with Crippen molar-refractivity contribution in [1.29, 1.82) is 0 Å². The highest BCUT2D eigenvalue weighted by molar-refractivity contribution is 6.30. The van der Waals surface area contributed by atoms with E-state index in [1.165, 1.54) is 23.1 Å². The fraction of sp³-hybridized carbons (Fsp3) is 0.143. The summed E-state index contributed by atoms with van der Waals surface area (Å²) in [5.41, 5.74) is 1.59. The fourth-order valence-electron chi connectivity index (χ4n) is 1.97. The standard InChI is InChI=1S/C14H10Cl2N4O2/c1-8-11(7-20-13(21)4-10(16)6-18-20)14(19-22-8)12-3-2-9(15)5-17-12/h2-6H,7H2,1H3. The molecule has 0 aromatic carbocycles. The first kappa shape index (κ1) is 14.7. The lowest BCUT2D eigenvalue weighted by Crippen LogP contribution is -2.22. The van der Waals surface area contributed by atoms with E-state index in [9.17, 15) is 4.79 Å². The third kappa shape index (κ3) is 2.88. The van der Waals surface area contributed by atoms with E-state index in [0.717, 1.165) is 5.56 Å². The third-order valence-electron chi connectivity index (χ3n) is 3.10. The Morgan fingerprint density at radius 3 is 2.73 bits per heavy atom. The van der Waals surface area contributed by atoms with E-state index in [1.807, 2.05) is 0 Å². The van der Waals surface area contributed by atoms with Gasteiger partial charge in [-0.25, -0.2) is 4.68 Å². The van der Waals surface area contributed by atoms with Crippen molar-refractivity contribution in [2.75, 3.05) is 0 Å². The molecule has 0 N–H and O–H groups in total. The van der Waals surface area contributed by atoms with Gasteiger partial charge in [0.05, 0.1) is 28.5 Å². The minimum Gasteiger partial charge on any atom is -0.361 e. The summed E-state index contributed by atoms with van der Waals surface area (Å²) in [6.45, 7) is 1.98. The van der Waals surface area contributed by atoms with Gasteiger partial charge >= 0.3 is 0 Å². The normalized spacial score (nSPS) is 10.9. The van der Waals surface area contributed by atoms with Crippen LogP contribution in [0.2, 0.25) is 10.0 Å². The van der Waals surface area contributed by atoms with Crippen LogP contribution in [0.4, 0.5) is 0 Å². The highest BCUT2D eigenvalue weighted by atomic mass is 35.5. The molecule has 3 heterocycles. The minimum absolute atomic E-state index is 0.213. The number of rotatable bonds is 3. The van der Waals surface area contributed by atoms with Gasteiger partial charge < -0.3 is 4.52 Å². The average molecular weight is 337 g/mol. The zero-order chi connectivity index (χ0) is 15.7. The smallest absolute Gasteiger partial charge is 0.268 e. The Balaban J connectivity index is 2.02. The van der Waals surface area contributed by atoms with Gasteiger partial charge in [-0.1, -0.05) is 28.4 Å². The Hall–Kier alpha value is -2.18. The van der Waals surface area contributed by atoms with Gasteiger partial charge in [0.2, 0.25) is 0 Å². The molecule has 6 nitrogen and oxygen atoms in total. The van der Waals surface area contributed by atoms with Crippen LogP contribution in [0.5, 0.6) is 0 Å². The van der Waals surface area contributed by atoms with Gasteiger partial charge in [-0.15, -0.1) is 0 Å². The first-order valence-corrected chi connectivity index (χ1v) is 7.10. The molecule has 22 heavy (non-hydrogen) atoms. The first-order valence-electron chi connectivity index (χ1n) is 6.34. The minimum atomic E-state index is -0.303. The lowest BCUT2D eigenvalue weighted by atomic mass is 10.1. The van der Waals surface area contributed by atoms with Gasteiger partial charge in [-0.3, -0.25) is 9.78 Å². The summed E-state index contributed by atoms with van der Waals surface area (Å²) in [5.74, 6) is 0.593. The quantitative estimate of drug-likeness (QED) is 0.735. The molecule has 0 bridgehead atoms. The van der Waals surface area contributed by atoms with Gasteiger partial charge in [0, 0.05) is 17.8 Å². The van der Waals surface area contributed by atoms with Gasteiger partial charge in [-0.05, 0) is 19.1 Å². The summed E-state index contributed by atoms with van der Waals surface area (Å²) in [6.07, 6.45) is 2.93. The second kappa shape index (κ2) is 5.90. The van der Waals surface area contributed by atoms with Crippen LogP contribution in [-0.2, 0) is 6.54 Å². The lowest BCUT2D eigenvalue weighted by Gasteiger charge is -2.05. The van der Waals surface area contributed by atoms with Gasteiger partial charge in [0.25, 0.3) is 5.56 Å². The van der Waals surface area contributed by atoms with E-state index in [0.29, 0.717) is 27.2 Å². The summed E-state index contributed by atoms with van der Waals surface area (Å²) in [7, 11) is 0. The molecule has 3 rings (SSSR count). The van der Waals surface area contributed by atoms with Crippen molar-refractivity contribution in [3.63, 3.8) is 0 Å². The average Bonchev–Trinajstić information content (AvgIpc) is 2.84. The number of aryl methyl sites for hydroxylation is 1. The van der Waals surface area contributed by atoms with Crippen molar-refractivity contribution in [2.45, 2.75) is 13.5 Å². The molecule has 0 atom stereocenters. The predicted octanol–water partition coefficient (Wildman–Crippen LogP) is 2.96. The topological polar surface area (TPSA) is 73.8 Å². The molecule has 0 spiro atoms. The largest absolute Gasteiger partial charge is 0.361 e. The highest BCUT2D eigenvalue weighted by Gasteiger charge is 2.17. The van der Waals surface area contributed by atoms with Crippen LogP contribution < -0.4 is 5.56 Å². The van der Waals surface area contributed by atoms with Crippen molar-refractivity contribution in [3.8, 4) is 11.4 Å². The molecule has 3 aromatic heterocycles. The lowest BCUT2D eigenvalue weighted by molar-refractivity contribution is 0.397. The number of aromatic nitrogens is 4. The van der Waals surface area contributed by atoms with Crippen molar-refractivity contribution >= 4 is 23.2 Å². The van der Waals surface area contributed by atoms with Crippen LogP contribution in [0.25, 0.3) is 11.4 Å². The van der Waals surface area contributed by atoms with Crippen molar-refractivity contribution in [1.82, 2.24) is 19.9 Å². The van der Waals surface area contributed by atoms with Gasteiger partial charge in [0.15, 0.2) is 0 Å². The van der Waals surface area contributed by atoms with Crippen LogP contribution in [0.15, 0.2) is 39.9 Å². The summed E-state index contributed by atoms with van der Waals surface area (Å²) < 4.78 is 6.51. The van der Waals surface area contributed by atoms with Crippen LogP contribution >= 0.6 is 23.2 Å². The van der Waals surface area contributed by atoms with Crippen LogP contribution in [0.3, 0.4) is 0 Å². The first-order chi connectivity index (χ1) is 10.5. The molecule has 0 amide bonds. The molecule has 0 unspecified atom stereocenters. The monoisotopic (exact) mass is 336 g/mol. The van der Waals surface area contributed by atoms with Crippen LogP contribution in [-0.4, -0.2) is 19.9 Å². The van der Waals surface area contributed by atoms with Crippen molar-refractivity contribution < 1.29 is 4.52 Å². The molecule has 0 saturated carbocycles. The SMILES string of the molecule is Cc1onc(-c2ccc(Cl)cn2)c1Cn1ncc(Cl)cc1=O. The fourth-order valence-corrected chi connectivity index (χ4v) is 2.22. The number of nitrogens with zero attached hydrogens (tertiary/aromatic N) is 4. The van der Waals surface area contributed by atoms with E-state index in [-0.39, 0.29) is 12.1 Å². The van der Waals surface area contributed by atoms with Gasteiger partial charge in [-0.2, -0.15) is 5.10 Å². The van der Waals surface area contributed by atoms with Crippen LogP contribution in [0, 0.1) is 6.92 Å². The molecule has 8 heteroatoms. The second-order valence-electron chi connectivity index (χ2n) is 4.60. The molecule has 0 radical (unpaired) electrons. The van der Waals surface area contributed by atoms with E-state index in [2.05, 4.69) is 15.2 Å². The highest BCUT2D eigenvalue weighted by Crippen LogP contribution is 2.24. The predicted molar refractivity (Wildman–Crippen MR) is 82.1 cm³/mol. The number of hydrogen-bond acceptors (Lipinski definition) is 5. The van der Waals surface area contributed by atoms with E-state index >= 15 is 0 Å². The van der Waals surface area contributed by atoms with Crippen molar-refractivity contribution in [3.05, 3.63) is 62.3 Å². The molecular formula is C14H10Cl2N4O2. The molecule has 0 aliphatic rings. The third-order valence-corrected chi connectivity index (χ3v) is 3.53. The Kier molecular flexibility index (Phi) is 3.96. The Morgan fingerprint density at radius 1 is 1.23 bits per heavy atom. The number of hydrogen-bond donors (Lipinski definition) is 0. The second-order valence-corrected chi connectivity index (χ2v) is 5.47. The number of halogens is 2. The molecule has 0 aliphatic carbocycles. The zero-order valence-corrected chi connectivity index (χ0v) is 13.0.